The van der Waals surface area contributed by atoms with E-state index < -0.39 is 46.2 Å². The molecule has 1 fully saturated rings. The van der Waals surface area contributed by atoms with Crippen molar-refractivity contribution in [2.24, 2.45) is 5.92 Å². The molecule has 2 aromatic carbocycles. The summed E-state index contributed by atoms with van der Waals surface area (Å²) in [4.78, 5) is 37.0. The quantitative estimate of drug-likeness (QED) is 0.344. The van der Waals surface area contributed by atoms with Gasteiger partial charge in [0.2, 0.25) is 0 Å². The van der Waals surface area contributed by atoms with Crippen LogP contribution in [0.3, 0.4) is 0 Å². The van der Waals surface area contributed by atoms with Crippen LogP contribution >= 0.6 is 0 Å². The largest absolute Gasteiger partial charge is 0.497 e. The highest BCUT2D eigenvalue weighted by atomic mass is 19.4. The molecule has 9 nitrogen and oxygen atoms in total. The van der Waals surface area contributed by atoms with Crippen molar-refractivity contribution in [3.8, 4) is 5.75 Å². The van der Waals surface area contributed by atoms with E-state index in [9.17, 15) is 32.9 Å². The molecule has 1 heterocycles. The van der Waals surface area contributed by atoms with Crippen LogP contribution in [0.25, 0.3) is 0 Å². The maximum Gasteiger partial charge on any atom is 0.416 e. The Balaban J connectivity index is 1.58. The molecule has 1 amide bonds. The Labute approximate surface area is 199 Å². The molecule has 0 bridgehead atoms. The lowest BCUT2D eigenvalue weighted by Gasteiger charge is -2.32. The van der Waals surface area contributed by atoms with Crippen LogP contribution in [0.5, 0.6) is 5.75 Å². The number of nitro groups is 1. The molecule has 35 heavy (non-hydrogen) atoms. The van der Waals surface area contributed by atoms with Gasteiger partial charge < -0.3 is 19.7 Å². The topological polar surface area (TPSA) is 111 Å². The number of hydrogen-bond acceptors (Lipinski definition) is 7. The van der Waals surface area contributed by atoms with Gasteiger partial charge in [0.25, 0.3) is 11.6 Å². The number of anilines is 2. The first-order chi connectivity index (χ1) is 16.5. The average Bonchev–Trinajstić information content (AvgIpc) is 2.83. The van der Waals surface area contributed by atoms with Gasteiger partial charge >= 0.3 is 12.1 Å². The van der Waals surface area contributed by atoms with Crippen molar-refractivity contribution in [3.63, 3.8) is 0 Å². The van der Waals surface area contributed by atoms with Crippen molar-refractivity contribution >= 4 is 28.9 Å². The van der Waals surface area contributed by atoms with Gasteiger partial charge in [0.1, 0.15) is 11.4 Å². The number of nitro benzene ring substituents is 1. The lowest BCUT2D eigenvalue weighted by molar-refractivity contribution is -0.384. The molecule has 1 N–H and O–H groups in total. The second kappa shape index (κ2) is 10.6. The van der Waals surface area contributed by atoms with E-state index in [1.165, 1.54) is 14.0 Å². The van der Waals surface area contributed by atoms with E-state index in [4.69, 9.17) is 9.47 Å². The van der Waals surface area contributed by atoms with E-state index in [1.54, 1.807) is 29.2 Å². The van der Waals surface area contributed by atoms with E-state index in [0.717, 1.165) is 12.1 Å². The van der Waals surface area contributed by atoms with Crippen LogP contribution in [-0.4, -0.2) is 43.1 Å². The smallest absolute Gasteiger partial charge is 0.416 e. The molecule has 1 aliphatic heterocycles. The molecule has 0 aromatic heterocycles. The zero-order valence-electron chi connectivity index (χ0n) is 19.0. The summed E-state index contributed by atoms with van der Waals surface area (Å²) in [6, 6.07) is 9.06. The van der Waals surface area contributed by atoms with Gasteiger partial charge in [-0.15, -0.1) is 0 Å². The van der Waals surface area contributed by atoms with Crippen LogP contribution in [0.1, 0.15) is 25.3 Å². The van der Waals surface area contributed by atoms with E-state index in [1.807, 2.05) is 0 Å². The van der Waals surface area contributed by atoms with Gasteiger partial charge in [-0.25, -0.2) is 0 Å². The van der Waals surface area contributed by atoms with Gasteiger partial charge in [-0.05, 0) is 44.0 Å². The number of nitrogens with one attached hydrogen (secondary N) is 1. The Morgan fingerprint density at radius 3 is 2.46 bits per heavy atom. The molecule has 0 saturated carbocycles. The Morgan fingerprint density at radius 1 is 1.17 bits per heavy atom. The van der Waals surface area contributed by atoms with E-state index in [2.05, 4.69) is 5.32 Å². The first-order valence-electron chi connectivity index (χ1n) is 10.8. The summed E-state index contributed by atoms with van der Waals surface area (Å²) >= 11 is 0. The van der Waals surface area contributed by atoms with Crippen molar-refractivity contribution in [1.29, 1.82) is 0 Å². The Kier molecular flexibility index (Phi) is 7.82. The highest BCUT2D eigenvalue weighted by Crippen LogP contribution is 2.37. The molecular formula is C23H24F3N3O6. The average molecular weight is 495 g/mol. The number of carbonyl (C=O) groups excluding carboxylic acids is 2. The first kappa shape index (κ1) is 25.8. The SMILES string of the molecule is COc1cccc(NC(=O)C(C)OC(=O)C2CCN(c3ccc(C(F)(F)F)cc3[N+](=O)[O-])CC2)c1. The van der Waals surface area contributed by atoms with Crippen LogP contribution in [-0.2, 0) is 20.5 Å². The Bertz CT molecular complexity index is 1100. The minimum Gasteiger partial charge on any atom is -0.497 e. The van der Waals surface area contributed by atoms with Crippen LogP contribution in [0, 0.1) is 16.0 Å². The standard InChI is InChI=1S/C23H24F3N3O6/c1-14(21(30)27-17-4-3-5-18(13-17)34-2)35-22(31)15-8-10-28(11-9-15)19-7-6-16(23(24,25)26)12-20(19)29(32)33/h3-7,12-15H,8-11H2,1-2H3,(H,27,30). The third-order valence-electron chi connectivity index (χ3n) is 5.67. The summed E-state index contributed by atoms with van der Waals surface area (Å²) in [5, 5.41) is 14.0. The van der Waals surface area contributed by atoms with E-state index >= 15 is 0 Å². The zero-order valence-corrected chi connectivity index (χ0v) is 19.0. The molecule has 3 rings (SSSR count). The van der Waals surface area contributed by atoms with Crippen molar-refractivity contribution in [3.05, 3.63) is 58.1 Å². The van der Waals surface area contributed by atoms with E-state index in [0.29, 0.717) is 17.5 Å². The number of benzene rings is 2. The molecule has 1 atom stereocenters. The Hall–Kier alpha value is -3.83. The van der Waals surface area contributed by atoms with Gasteiger partial charge in [0.05, 0.1) is 23.5 Å². The zero-order chi connectivity index (χ0) is 25.8. The van der Waals surface area contributed by atoms with Crippen LogP contribution in [0.2, 0.25) is 0 Å². The Morgan fingerprint density at radius 2 is 1.86 bits per heavy atom. The van der Waals surface area contributed by atoms with Crippen molar-refractivity contribution in [1.82, 2.24) is 0 Å². The summed E-state index contributed by atoms with van der Waals surface area (Å²) in [6.45, 7) is 1.85. The summed E-state index contributed by atoms with van der Waals surface area (Å²) in [6.07, 6.45) is -5.24. The number of ether oxygens (including phenoxy) is 2. The molecule has 1 aliphatic rings. The number of hydrogen-bond donors (Lipinski definition) is 1. The highest BCUT2D eigenvalue weighted by molar-refractivity contribution is 5.95. The molecule has 188 valence electrons. The van der Waals surface area contributed by atoms with Crippen molar-refractivity contribution in [2.75, 3.05) is 30.4 Å². The maximum atomic E-state index is 12.9. The summed E-state index contributed by atoms with van der Waals surface area (Å²) in [7, 11) is 1.49. The van der Waals surface area contributed by atoms with Crippen LogP contribution in [0.15, 0.2) is 42.5 Å². The number of alkyl halides is 3. The third kappa shape index (κ3) is 6.40. The van der Waals surface area contributed by atoms with Gasteiger partial charge in [-0.2, -0.15) is 13.2 Å². The molecule has 1 unspecified atom stereocenters. The molecule has 1 saturated heterocycles. The van der Waals surface area contributed by atoms with Crippen LogP contribution in [0.4, 0.5) is 30.2 Å². The van der Waals surface area contributed by atoms with Crippen LogP contribution < -0.4 is 15.0 Å². The molecule has 0 radical (unpaired) electrons. The number of carbonyl (C=O) groups is 2. The highest BCUT2D eigenvalue weighted by Gasteiger charge is 2.35. The number of piperidine rings is 1. The number of nitrogens with zero attached hydrogens (tertiary/aromatic N) is 2. The minimum atomic E-state index is -4.70. The monoisotopic (exact) mass is 495 g/mol. The fourth-order valence-electron chi connectivity index (χ4n) is 3.74. The minimum absolute atomic E-state index is 0.0563. The fraction of sp³-hybridized carbons (Fsp3) is 0.391. The van der Waals surface area contributed by atoms with Gasteiger partial charge in [-0.3, -0.25) is 19.7 Å². The molecule has 2 aromatic rings. The van der Waals surface area contributed by atoms with Gasteiger partial charge in [-0.1, -0.05) is 6.07 Å². The number of amides is 1. The number of rotatable bonds is 7. The fourth-order valence-corrected chi connectivity index (χ4v) is 3.74. The van der Waals surface area contributed by atoms with Crippen molar-refractivity contribution < 1.29 is 37.2 Å². The number of esters is 1. The van der Waals surface area contributed by atoms with Gasteiger partial charge in [0.15, 0.2) is 6.10 Å². The third-order valence-corrected chi connectivity index (χ3v) is 5.67. The molecule has 0 aliphatic carbocycles. The lowest BCUT2D eigenvalue weighted by atomic mass is 9.96. The summed E-state index contributed by atoms with van der Waals surface area (Å²) in [5.74, 6) is -1.11. The summed E-state index contributed by atoms with van der Waals surface area (Å²) < 4.78 is 49.2. The molecule has 12 heteroatoms. The number of methoxy groups -OCH3 is 1. The molecular weight excluding hydrogens is 471 g/mol. The van der Waals surface area contributed by atoms with Gasteiger partial charge in [0, 0.05) is 30.9 Å². The summed E-state index contributed by atoms with van der Waals surface area (Å²) in [5.41, 5.74) is -1.22. The predicted octanol–water partition coefficient (Wildman–Crippen LogP) is 4.41. The second-order valence-corrected chi connectivity index (χ2v) is 8.02. The maximum absolute atomic E-state index is 12.9. The first-order valence-corrected chi connectivity index (χ1v) is 10.8. The lowest BCUT2D eigenvalue weighted by Crippen LogP contribution is -2.39. The number of halogens is 3. The normalized spacial score (nSPS) is 15.3. The van der Waals surface area contributed by atoms with E-state index in [-0.39, 0.29) is 31.6 Å². The molecule has 0 spiro atoms. The predicted molar refractivity (Wildman–Crippen MR) is 120 cm³/mol. The second-order valence-electron chi connectivity index (χ2n) is 8.02. The van der Waals surface area contributed by atoms with Crippen molar-refractivity contribution in [2.45, 2.75) is 32.0 Å².